The Kier molecular flexibility index (Phi) is 5.58. The average Bonchev–Trinajstić information content (AvgIpc) is 3.19. The summed E-state index contributed by atoms with van der Waals surface area (Å²) in [5.74, 6) is 0.737. The number of anilines is 1. The fourth-order valence-electron chi connectivity index (χ4n) is 3.76. The third kappa shape index (κ3) is 4.09. The molecule has 0 N–H and O–H groups in total. The van der Waals surface area contributed by atoms with Crippen molar-refractivity contribution in [1.29, 1.82) is 0 Å². The quantitative estimate of drug-likeness (QED) is 0.430. The van der Waals surface area contributed by atoms with E-state index in [0.29, 0.717) is 36.1 Å². The van der Waals surface area contributed by atoms with Crippen molar-refractivity contribution in [2.24, 2.45) is 0 Å². The van der Waals surface area contributed by atoms with Gasteiger partial charge in [0.15, 0.2) is 5.82 Å². The van der Waals surface area contributed by atoms with Crippen molar-refractivity contribution in [2.75, 3.05) is 31.1 Å². The highest BCUT2D eigenvalue weighted by molar-refractivity contribution is 7.89. The second-order valence-electron chi connectivity index (χ2n) is 7.54. The Balaban J connectivity index is 1.28. The van der Waals surface area contributed by atoms with Gasteiger partial charge in [-0.15, -0.1) is 21.5 Å². The lowest BCUT2D eigenvalue weighted by Crippen LogP contribution is -2.48. The van der Waals surface area contributed by atoms with E-state index >= 15 is 0 Å². The molecule has 3 heterocycles. The number of piperazine rings is 1. The SMILES string of the molecule is Cc1nc2ccc(S(=O)(=O)N3CCN(c4ccc(-c5ccc(Cl)cc5)nn4)CC3)cc2s1. The predicted octanol–water partition coefficient (Wildman–Crippen LogP) is 4.23. The zero-order valence-electron chi connectivity index (χ0n) is 17.3. The number of aryl methyl sites for hydroxylation is 1. The summed E-state index contributed by atoms with van der Waals surface area (Å²) in [5, 5.41) is 10.3. The number of hydrogen-bond acceptors (Lipinski definition) is 7. The zero-order valence-corrected chi connectivity index (χ0v) is 19.7. The lowest BCUT2D eigenvalue weighted by atomic mass is 10.1. The highest BCUT2D eigenvalue weighted by atomic mass is 35.5. The summed E-state index contributed by atoms with van der Waals surface area (Å²) >= 11 is 7.45. The van der Waals surface area contributed by atoms with Crippen LogP contribution in [0.3, 0.4) is 0 Å². The number of nitrogens with zero attached hydrogens (tertiary/aromatic N) is 5. The lowest BCUT2D eigenvalue weighted by molar-refractivity contribution is 0.383. The first-order chi connectivity index (χ1) is 15.4. The molecule has 1 aliphatic heterocycles. The molecule has 7 nitrogen and oxygen atoms in total. The van der Waals surface area contributed by atoms with Crippen LogP contribution in [-0.4, -0.2) is 54.1 Å². The first-order valence-corrected chi connectivity index (χ1v) is 12.8. The molecule has 5 rings (SSSR count). The standard InChI is InChI=1S/C22H20ClN5O2S2/c1-15-24-20-7-6-18(14-21(20)31-15)32(29,30)28-12-10-27(11-13-28)22-9-8-19(25-26-22)16-2-4-17(23)5-3-16/h2-9,14H,10-13H2,1H3. The van der Waals surface area contributed by atoms with Gasteiger partial charge in [-0.2, -0.15) is 4.31 Å². The van der Waals surface area contributed by atoms with Crippen LogP contribution in [-0.2, 0) is 10.0 Å². The Morgan fingerprint density at radius 2 is 1.69 bits per heavy atom. The summed E-state index contributed by atoms with van der Waals surface area (Å²) in [6, 6.07) is 16.4. The van der Waals surface area contributed by atoms with Crippen LogP contribution in [0.1, 0.15) is 5.01 Å². The molecule has 164 valence electrons. The molecule has 10 heteroatoms. The summed E-state index contributed by atoms with van der Waals surface area (Å²) in [4.78, 5) is 6.78. The maximum absolute atomic E-state index is 13.2. The molecule has 2 aromatic carbocycles. The second-order valence-corrected chi connectivity index (χ2v) is 11.1. The van der Waals surface area contributed by atoms with Gasteiger partial charge in [-0.05, 0) is 49.4 Å². The molecule has 4 aromatic rings. The Morgan fingerprint density at radius 3 is 2.38 bits per heavy atom. The number of thiazole rings is 1. The summed E-state index contributed by atoms with van der Waals surface area (Å²) in [5.41, 5.74) is 2.54. The van der Waals surface area contributed by atoms with Crippen LogP contribution in [0.5, 0.6) is 0 Å². The number of rotatable bonds is 4. The normalized spacial score (nSPS) is 15.4. The molecule has 1 fully saturated rings. The topological polar surface area (TPSA) is 79.3 Å². The molecule has 0 atom stereocenters. The molecule has 1 aliphatic rings. The largest absolute Gasteiger partial charge is 0.352 e. The van der Waals surface area contributed by atoms with E-state index in [2.05, 4.69) is 20.1 Å². The first-order valence-electron chi connectivity index (χ1n) is 10.1. The van der Waals surface area contributed by atoms with Gasteiger partial charge in [0.2, 0.25) is 10.0 Å². The third-order valence-corrected chi connectivity index (χ3v) is 8.54. The molecule has 0 amide bonds. The molecule has 0 spiro atoms. The molecule has 0 bridgehead atoms. The fourth-order valence-corrected chi connectivity index (χ4v) is 6.27. The van der Waals surface area contributed by atoms with E-state index in [9.17, 15) is 8.42 Å². The minimum Gasteiger partial charge on any atom is -0.352 e. The van der Waals surface area contributed by atoms with Crippen LogP contribution in [0.25, 0.3) is 21.5 Å². The maximum Gasteiger partial charge on any atom is 0.243 e. The number of fused-ring (bicyclic) bond motifs is 1. The minimum atomic E-state index is -3.56. The summed E-state index contributed by atoms with van der Waals surface area (Å²) < 4.78 is 28.7. The molecule has 0 unspecified atom stereocenters. The van der Waals surface area contributed by atoms with E-state index < -0.39 is 10.0 Å². The van der Waals surface area contributed by atoms with Crippen LogP contribution < -0.4 is 4.90 Å². The van der Waals surface area contributed by atoms with Gasteiger partial charge in [0, 0.05) is 36.8 Å². The molecule has 0 aliphatic carbocycles. The van der Waals surface area contributed by atoms with E-state index in [1.165, 1.54) is 15.6 Å². The van der Waals surface area contributed by atoms with E-state index in [4.69, 9.17) is 11.6 Å². The van der Waals surface area contributed by atoms with Crippen LogP contribution in [0, 0.1) is 6.92 Å². The summed E-state index contributed by atoms with van der Waals surface area (Å²) in [6.07, 6.45) is 0. The van der Waals surface area contributed by atoms with Crippen LogP contribution in [0.2, 0.25) is 5.02 Å². The number of sulfonamides is 1. The smallest absolute Gasteiger partial charge is 0.243 e. The Labute approximate surface area is 195 Å². The van der Waals surface area contributed by atoms with Crippen molar-refractivity contribution in [3.8, 4) is 11.3 Å². The second kappa shape index (κ2) is 8.40. The highest BCUT2D eigenvalue weighted by Gasteiger charge is 2.29. The van der Waals surface area contributed by atoms with Gasteiger partial charge in [0.25, 0.3) is 0 Å². The molecule has 0 saturated carbocycles. The molecule has 0 radical (unpaired) electrons. The van der Waals surface area contributed by atoms with Crippen molar-refractivity contribution >= 4 is 49.0 Å². The molecular formula is C22H20ClN5O2S2. The van der Waals surface area contributed by atoms with Crippen molar-refractivity contribution < 1.29 is 8.42 Å². The Hall–Kier alpha value is -2.59. The van der Waals surface area contributed by atoms with Gasteiger partial charge in [0.1, 0.15) is 0 Å². The van der Waals surface area contributed by atoms with E-state index in [0.717, 1.165) is 32.3 Å². The van der Waals surface area contributed by atoms with Crippen molar-refractivity contribution in [1.82, 2.24) is 19.5 Å². The maximum atomic E-state index is 13.2. The van der Waals surface area contributed by atoms with Crippen molar-refractivity contribution in [2.45, 2.75) is 11.8 Å². The average molecular weight is 486 g/mol. The van der Waals surface area contributed by atoms with Crippen LogP contribution in [0.4, 0.5) is 5.82 Å². The molecule has 2 aromatic heterocycles. The Bertz CT molecular complexity index is 1360. The zero-order chi connectivity index (χ0) is 22.3. The van der Waals surface area contributed by atoms with Gasteiger partial charge < -0.3 is 4.90 Å². The highest BCUT2D eigenvalue weighted by Crippen LogP contribution is 2.27. The predicted molar refractivity (Wildman–Crippen MR) is 128 cm³/mol. The van der Waals surface area contributed by atoms with Gasteiger partial charge in [-0.1, -0.05) is 23.7 Å². The van der Waals surface area contributed by atoms with Crippen molar-refractivity contribution in [3.05, 3.63) is 64.6 Å². The van der Waals surface area contributed by atoms with E-state index in [-0.39, 0.29) is 0 Å². The lowest BCUT2D eigenvalue weighted by Gasteiger charge is -2.34. The number of hydrogen-bond donors (Lipinski definition) is 0. The first kappa shape index (κ1) is 21.3. The fraction of sp³-hybridized carbons (Fsp3) is 0.227. The third-order valence-electron chi connectivity index (χ3n) is 5.46. The van der Waals surface area contributed by atoms with Gasteiger partial charge in [-0.3, -0.25) is 0 Å². The van der Waals surface area contributed by atoms with Crippen LogP contribution in [0.15, 0.2) is 59.5 Å². The molecule has 1 saturated heterocycles. The molecule has 32 heavy (non-hydrogen) atoms. The number of halogens is 1. The van der Waals surface area contributed by atoms with Crippen molar-refractivity contribution in [3.63, 3.8) is 0 Å². The van der Waals surface area contributed by atoms with Gasteiger partial charge in [-0.25, -0.2) is 13.4 Å². The van der Waals surface area contributed by atoms with E-state index in [1.807, 2.05) is 43.3 Å². The number of benzene rings is 2. The monoisotopic (exact) mass is 485 g/mol. The van der Waals surface area contributed by atoms with E-state index in [1.54, 1.807) is 18.2 Å². The number of aromatic nitrogens is 3. The summed E-state index contributed by atoms with van der Waals surface area (Å²) in [7, 11) is -3.56. The Morgan fingerprint density at radius 1 is 0.938 bits per heavy atom. The molecular weight excluding hydrogens is 466 g/mol. The summed E-state index contributed by atoms with van der Waals surface area (Å²) in [6.45, 7) is 3.81. The van der Waals surface area contributed by atoms with Gasteiger partial charge >= 0.3 is 0 Å². The minimum absolute atomic E-state index is 0.314. The van der Waals surface area contributed by atoms with Gasteiger partial charge in [0.05, 0.1) is 25.8 Å². The van der Waals surface area contributed by atoms with Crippen LogP contribution >= 0.6 is 22.9 Å².